The molecule has 0 saturated heterocycles. The lowest BCUT2D eigenvalue weighted by atomic mass is 10.1. The van der Waals surface area contributed by atoms with E-state index in [1.54, 1.807) is 12.4 Å². The number of ether oxygens (including phenoxy) is 3. The molecule has 0 unspecified atom stereocenters. The van der Waals surface area contributed by atoms with Gasteiger partial charge in [0.2, 0.25) is 5.88 Å². The quantitative estimate of drug-likeness (QED) is 0.707. The molecule has 0 fully saturated rings. The van der Waals surface area contributed by atoms with Crippen molar-refractivity contribution in [2.45, 2.75) is 25.7 Å². The van der Waals surface area contributed by atoms with E-state index < -0.39 is 6.09 Å². The highest BCUT2D eigenvalue weighted by Gasteiger charge is 2.24. The van der Waals surface area contributed by atoms with E-state index in [4.69, 9.17) is 19.9 Å². The van der Waals surface area contributed by atoms with Crippen LogP contribution in [0.3, 0.4) is 0 Å². The van der Waals surface area contributed by atoms with E-state index in [1.807, 2.05) is 16.7 Å². The van der Waals surface area contributed by atoms with E-state index in [2.05, 4.69) is 39.1 Å². The Balaban J connectivity index is 1.22. The molecule has 5 rings (SSSR count). The first-order valence-electron chi connectivity index (χ1n) is 9.73. The lowest BCUT2D eigenvalue weighted by Gasteiger charge is -2.28. The van der Waals surface area contributed by atoms with Crippen molar-refractivity contribution in [1.29, 1.82) is 0 Å². The van der Waals surface area contributed by atoms with Crippen molar-refractivity contribution in [3.05, 3.63) is 65.7 Å². The topological polar surface area (TPSA) is 105 Å². The Hall–Kier alpha value is -3.59. The van der Waals surface area contributed by atoms with Gasteiger partial charge in [-0.25, -0.2) is 9.78 Å². The van der Waals surface area contributed by atoms with Gasteiger partial charge in [0.05, 0.1) is 12.7 Å². The standard InChI is InChI=1S/C21H21N5O4/c22-21(27)30-19-12-26-9-8-25(11-18(26)24-19)10-14-3-5-15(6-4-14)17-13-28-16-2-1-7-23-20(16)29-17/h1-7,12,17H,8-11,13H2,(H2,22,27)/t17-/m1/s1. The Morgan fingerprint density at radius 2 is 2.10 bits per heavy atom. The van der Waals surface area contributed by atoms with E-state index in [-0.39, 0.29) is 12.0 Å². The maximum Gasteiger partial charge on any atom is 0.411 e. The van der Waals surface area contributed by atoms with E-state index in [1.165, 1.54) is 5.56 Å². The van der Waals surface area contributed by atoms with Gasteiger partial charge in [0.15, 0.2) is 11.9 Å². The number of benzene rings is 1. The van der Waals surface area contributed by atoms with Crippen LogP contribution in [-0.4, -0.2) is 38.7 Å². The second kappa shape index (κ2) is 7.68. The Bertz CT molecular complexity index is 1070. The lowest BCUT2D eigenvalue weighted by molar-refractivity contribution is 0.0850. The summed E-state index contributed by atoms with van der Waals surface area (Å²) in [4.78, 5) is 21.8. The van der Waals surface area contributed by atoms with Crippen LogP contribution in [0.25, 0.3) is 0 Å². The first-order valence-corrected chi connectivity index (χ1v) is 9.73. The maximum atomic E-state index is 10.9. The molecule has 2 aliphatic rings. The minimum atomic E-state index is -0.853. The second-order valence-corrected chi connectivity index (χ2v) is 7.29. The first kappa shape index (κ1) is 18.4. The number of imidazole rings is 1. The van der Waals surface area contributed by atoms with E-state index >= 15 is 0 Å². The molecule has 30 heavy (non-hydrogen) atoms. The van der Waals surface area contributed by atoms with Gasteiger partial charge in [-0.05, 0) is 23.3 Å². The molecular weight excluding hydrogens is 386 g/mol. The third-order valence-electron chi connectivity index (χ3n) is 5.20. The number of hydrogen-bond acceptors (Lipinski definition) is 7. The van der Waals surface area contributed by atoms with E-state index in [0.717, 1.165) is 31.0 Å². The molecule has 154 valence electrons. The third kappa shape index (κ3) is 3.79. The van der Waals surface area contributed by atoms with Crippen LogP contribution in [0.5, 0.6) is 17.5 Å². The fourth-order valence-corrected chi connectivity index (χ4v) is 3.73. The summed E-state index contributed by atoms with van der Waals surface area (Å²) in [5, 5.41) is 0. The third-order valence-corrected chi connectivity index (χ3v) is 5.20. The summed E-state index contributed by atoms with van der Waals surface area (Å²) in [5.41, 5.74) is 7.31. The van der Waals surface area contributed by atoms with Gasteiger partial charge < -0.3 is 24.5 Å². The fourth-order valence-electron chi connectivity index (χ4n) is 3.73. The van der Waals surface area contributed by atoms with Gasteiger partial charge in [0.25, 0.3) is 5.88 Å². The molecule has 0 radical (unpaired) electrons. The van der Waals surface area contributed by atoms with Gasteiger partial charge >= 0.3 is 6.09 Å². The molecular formula is C21H21N5O4. The van der Waals surface area contributed by atoms with Crippen LogP contribution in [0.1, 0.15) is 23.1 Å². The summed E-state index contributed by atoms with van der Waals surface area (Å²) in [6.45, 7) is 3.59. The lowest BCUT2D eigenvalue weighted by Crippen LogP contribution is -2.33. The van der Waals surface area contributed by atoms with E-state index in [9.17, 15) is 4.79 Å². The number of carbonyl (C=O) groups is 1. The molecule has 2 aromatic heterocycles. The van der Waals surface area contributed by atoms with Gasteiger partial charge in [-0.2, -0.15) is 4.98 Å². The minimum Gasteiger partial charge on any atom is -0.484 e. The van der Waals surface area contributed by atoms with Gasteiger partial charge in [0.1, 0.15) is 12.4 Å². The Kier molecular flexibility index (Phi) is 4.72. The Labute approximate surface area is 173 Å². The number of aromatic nitrogens is 3. The number of nitrogens with zero attached hydrogens (tertiary/aromatic N) is 4. The molecule has 9 heteroatoms. The summed E-state index contributed by atoms with van der Waals surface area (Å²) >= 11 is 0. The Morgan fingerprint density at radius 1 is 1.23 bits per heavy atom. The molecule has 2 N–H and O–H groups in total. The van der Waals surface area contributed by atoms with Crippen LogP contribution in [0, 0.1) is 0 Å². The van der Waals surface area contributed by atoms with Crippen molar-refractivity contribution in [3.63, 3.8) is 0 Å². The highest BCUT2D eigenvalue weighted by atomic mass is 16.6. The minimum absolute atomic E-state index is 0.174. The molecule has 0 bridgehead atoms. The van der Waals surface area contributed by atoms with Crippen LogP contribution < -0.4 is 19.9 Å². The summed E-state index contributed by atoms with van der Waals surface area (Å²) < 4.78 is 18.6. The number of nitrogens with two attached hydrogens (primary N) is 1. The summed E-state index contributed by atoms with van der Waals surface area (Å²) in [5.74, 6) is 2.31. The molecule has 1 atom stereocenters. The van der Waals surface area contributed by atoms with Crippen molar-refractivity contribution in [3.8, 4) is 17.5 Å². The summed E-state index contributed by atoms with van der Waals surface area (Å²) in [6, 6.07) is 12.0. The summed E-state index contributed by atoms with van der Waals surface area (Å²) in [6.07, 6.45) is 2.38. The monoisotopic (exact) mass is 407 g/mol. The zero-order valence-electron chi connectivity index (χ0n) is 16.2. The zero-order valence-corrected chi connectivity index (χ0v) is 16.2. The van der Waals surface area contributed by atoms with Crippen molar-refractivity contribution >= 4 is 6.09 Å². The van der Waals surface area contributed by atoms with E-state index in [0.29, 0.717) is 24.8 Å². The van der Waals surface area contributed by atoms with Crippen LogP contribution in [0.2, 0.25) is 0 Å². The number of hydrogen-bond donors (Lipinski definition) is 1. The number of primary amides is 1. The largest absolute Gasteiger partial charge is 0.484 e. The number of fused-ring (bicyclic) bond motifs is 2. The molecule has 1 amide bonds. The maximum absolute atomic E-state index is 10.9. The van der Waals surface area contributed by atoms with Crippen molar-refractivity contribution in [1.82, 2.24) is 19.4 Å². The number of carbonyl (C=O) groups excluding carboxylic acids is 1. The van der Waals surface area contributed by atoms with Crippen LogP contribution in [0.15, 0.2) is 48.8 Å². The van der Waals surface area contributed by atoms with Crippen LogP contribution in [0.4, 0.5) is 4.79 Å². The van der Waals surface area contributed by atoms with Gasteiger partial charge in [-0.3, -0.25) is 4.90 Å². The van der Waals surface area contributed by atoms with Gasteiger partial charge in [0, 0.05) is 25.8 Å². The Morgan fingerprint density at radius 3 is 2.93 bits per heavy atom. The van der Waals surface area contributed by atoms with Crippen LogP contribution >= 0.6 is 0 Å². The smallest absolute Gasteiger partial charge is 0.411 e. The van der Waals surface area contributed by atoms with Gasteiger partial charge in [-0.1, -0.05) is 24.3 Å². The average molecular weight is 407 g/mol. The highest BCUT2D eigenvalue weighted by molar-refractivity contribution is 5.67. The average Bonchev–Trinajstić information content (AvgIpc) is 3.14. The SMILES string of the molecule is NC(=O)Oc1cn2c(n1)CN(Cc1ccc([C@H]3COc4cccnc4O3)cc1)CC2. The molecule has 4 heterocycles. The van der Waals surface area contributed by atoms with Crippen molar-refractivity contribution in [2.75, 3.05) is 13.2 Å². The molecule has 0 aliphatic carbocycles. The summed E-state index contributed by atoms with van der Waals surface area (Å²) in [7, 11) is 0. The second-order valence-electron chi connectivity index (χ2n) is 7.29. The van der Waals surface area contributed by atoms with Crippen molar-refractivity contribution < 1.29 is 19.0 Å². The number of pyridine rings is 1. The molecule has 1 aromatic carbocycles. The predicted molar refractivity (Wildman–Crippen MR) is 106 cm³/mol. The predicted octanol–water partition coefficient (Wildman–Crippen LogP) is 2.26. The van der Waals surface area contributed by atoms with Crippen LogP contribution in [-0.2, 0) is 19.6 Å². The molecule has 0 spiro atoms. The molecule has 3 aromatic rings. The normalized spacial score (nSPS) is 17.9. The molecule has 2 aliphatic heterocycles. The fraction of sp³-hybridized carbons (Fsp3) is 0.286. The molecule has 0 saturated carbocycles. The number of amides is 1. The first-order chi connectivity index (χ1) is 14.6. The zero-order chi connectivity index (χ0) is 20.5. The number of rotatable bonds is 4. The molecule has 9 nitrogen and oxygen atoms in total. The van der Waals surface area contributed by atoms with Gasteiger partial charge in [-0.15, -0.1) is 0 Å². The highest BCUT2D eigenvalue weighted by Crippen LogP contribution is 2.34. The van der Waals surface area contributed by atoms with Crippen molar-refractivity contribution in [2.24, 2.45) is 5.73 Å².